The van der Waals surface area contributed by atoms with E-state index >= 15 is 0 Å². The van der Waals surface area contributed by atoms with Gasteiger partial charge in [-0.15, -0.1) is 0 Å². The van der Waals surface area contributed by atoms with E-state index in [1.54, 1.807) is 12.1 Å². The zero-order valence-electron chi connectivity index (χ0n) is 5.47. The highest BCUT2D eigenvalue weighted by Crippen LogP contribution is 2.17. The van der Waals surface area contributed by atoms with Crippen LogP contribution in [0, 0.1) is 3.57 Å². The third-order valence-corrected chi connectivity index (χ3v) is 2.10. The monoisotopic (exact) mass is 281 g/mol. The van der Waals surface area contributed by atoms with Crippen molar-refractivity contribution in [2.75, 3.05) is 5.73 Å². The second-order valence-electron chi connectivity index (χ2n) is 2.01. The highest BCUT2D eigenvalue weighted by Gasteiger charge is 2.05. The van der Waals surface area contributed by atoms with Crippen molar-refractivity contribution < 1.29 is 4.79 Å². The summed E-state index contributed by atoms with van der Waals surface area (Å²) >= 11 is 7.35. The lowest BCUT2D eigenvalue weighted by molar-refractivity contribution is 0.108. The Hall–Kier alpha value is -0.290. The summed E-state index contributed by atoms with van der Waals surface area (Å²) < 4.78 is 0.945. The largest absolute Gasteiger partial charge is 0.398 e. The fourth-order valence-corrected chi connectivity index (χ4v) is 1.35. The van der Waals surface area contributed by atoms with E-state index < -0.39 is 5.24 Å². The maximum absolute atomic E-state index is 10.7. The van der Waals surface area contributed by atoms with Gasteiger partial charge in [0.25, 0.3) is 5.24 Å². The van der Waals surface area contributed by atoms with Crippen molar-refractivity contribution in [2.24, 2.45) is 0 Å². The first-order valence-corrected chi connectivity index (χ1v) is 4.32. The summed E-state index contributed by atoms with van der Waals surface area (Å²) in [5.74, 6) is 0. The molecule has 1 aromatic carbocycles. The Morgan fingerprint density at radius 1 is 1.55 bits per heavy atom. The zero-order chi connectivity index (χ0) is 8.43. The van der Waals surface area contributed by atoms with Gasteiger partial charge in [-0.3, -0.25) is 4.79 Å². The lowest BCUT2D eigenvalue weighted by Gasteiger charge is -1.99. The maximum Gasteiger partial charge on any atom is 0.254 e. The van der Waals surface area contributed by atoms with Crippen molar-refractivity contribution in [3.63, 3.8) is 0 Å². The zero-order valence-corrected chi connectivity index (χ0v) is 8.39. The van der Waals surface area contributed by atoms with Crippen LogP contribution in [0.15, 0.2) is 18.2 Å². The average molecular weight is 281 g/mol. The van der Waals surface area contributed by atoms with Crippen molar-refractivity contribution in [1.29, 1.82) is 0 Å². The molecule has 0 fully saturated rings. The van der Waals surface area contributed by atoms with E-state index in [1.165, 1.54) is 0 Å². The van der Waals surface area contributed by atoms with Crippen LogP contribution in [-0.4, -0.2) is 5.24 Å². The van der Waals surface area contributed by atoms with Gasteiger partial charge in [0, 0.05) is 9.26 Å². The third-order valence-electron chi connectivity index (χ3n) is 1.23. The van der Waals surface area contributed by atoms with E-state index in [2.05, 4.69) is 22.6 Å². The number of halogens is 2. The molecule has 0 atom stereocenters. The number of benzene rings is 1. The number of anilines is 1. The molecule has 0 radical (unpaired) electrons. The number of nitrogen functional groups attached to an aromatic ring is 1. The molecule has 0 saturated carbocycles. The van der Waals surface area contributed by atoms with Crippen LogP contribution in [-0.2, 0) is 0 Å². The lowest BCUT2D eigenvalue weighted by atomic mass is 10.2. The molecule has 58 valence electrons. The number of hydrogen-bond acceptors (Lipinski definition) is 2. The number of rotatable bonds is 1. The van der Waals surface area contributed by atoms with Crippen LogP contribution in [0.2, 0.25) is 0 Å². The molecule has 0 heterocycles. The van der Waals surface area contributed by atoms with E-state index in [9.17, 15) is 4.79 Å². The number of nitrogens with two attached hydrogens (primary N) is 1. The predicted molar refractivity (Wildman–Crippen MR) is 53.8 cm³/mol. The molecule has 0 aromatic heterocycles. The fourth-order valence-electron chi connectivity index (χ4n) is 0.699. The normalized spacial score (nSPS) is 9.64. The van der Waals surface area contributed by atoms with E-state index in [-0.39, 0.29) is 0 Å². The molecular weight excluding hydrogens is 276 g/mol. The minimum atomic E-state index is -0.513. The molecule has 11 heavy (non-hydrogen) atoms. The third kappa shape index (κ3) is 2.07. The Bertz CT molecular complexity index is 300. The van der Waals surface area contributed by atoms with E-state index in [0.29, 0.717) is 11.3 Å². The highest BCUT2D eigenvalue weighted by atomic mass is 127. The SMILES string of the molecule is Nc1ccc(I)cc1C(=O)Cl. The van der Waals surface area contributed by atoms with E-state index in [4.69, 9.17) is 17.3 Å². The molecule has 0 saturated heterocycles. The van der Waals surface area contributed by atoms with Crippen LogP contribution in [0.3, 0.4) is 0 Å². The predicted octanol–water partition coefficient (Wildman–Crippen LogP) is 2.25. The van der Waals surface area contributed by atoms with Gasteiger partial charge < -0.3 is 5.73 Å². The smallest absolute Gasteiger partial charge is 0.254 e. The molecule has 0 aliphatic rings. The van der Waals surface area contributed by atoms with Gasteiger partial charge in [-0.25, -0.2) is 0 Å². The quantitative estimate of drug-likeness (QED) is 0.487. The van der Waals surface area contributed by atoms with Crippen LogP contribution in [0.4, 0.5) is 5.69 Å². The summed E-state index contributed by atoms with van der Waals surface area (Å²) in [5.41, 5.74) is 6.28. The highest BCUT2D eigenvalue weighted by molar-refractivity contribution is 14.1. The summed E-state index contributed by atoms with van der Waals surface area (Å²) in [5, 5.41) is -0.513. The first-order chi connectivity index (χ1) is 5.11. The lowest BCUT2D eigenvalue weighted by Crippen LogP contribution is -1.97. The van der Waals surface area contributed by atoms with Gasteiger partial charge in [-0.1, -0.05) is 0 Å². The van der Waals surface area contributed by atoms with Crippen LogP contribution >= 0.6 is 34.2 Å². The second kappa shape index (κ2) is 3.40. The summed E-state index contributed by atoms with van der Waals surface area (Å²) in [6.45, 7) is 0. The van der Waals surface area contributed by atoms with Gasteiger partial charge in [0.1, 0.15) is 0 Å². The Kier molecular flexibility index (Phi) is 2.72. The molecule has 0 amide bonds. The molecule has 0 unspecified atom stereocenters. The van der Waals surface area contributed by atoms with Gasteiger partial charge in [0.15, 0.2) is 0 Å². The van der Waals surface area contributed by atoms with Crippen molar-refractivity contribution in [1.82, 2.24) is 0 Å². The van der Waals surface area contributed by atoms with Gasteiger partial charge in [0.05, 0.1) is 5.56 Å². The standard InChI is InChI=1S/C7H5ClINO/c8-7(11)5-3-4(9)1-2-6(5)10/h1-3H,10H2. The van der Waals surface area contributed by atoms with Crippen molar-refractivity contribution in [3.05, 3.63) is 27.3 Å². The van der Waals surface area contributed by atoms with Gasteiger partial charge in [-0.05, 0) is 52.4 Å². The van der Waals surface area contributed by atoms with E-state index in [1.807, 2.05) is 6.07 Å². The summed E-state index contributed by atoms with van der Waals surface area (Å²) in [6.07, 6.45) is 0. The molecule has 0 aliphatic carbocycles. The second-order valence-corrected chi connectivity index (χ2v) is 3.59. The van der Waals surface area contributed by atoms with Crippen LogP contribution < -0.4 is 5.73 Å². The molecule has 0 bridgehead atoms. The molecule has 0 aliphatic heterocycles. The van der Waals surface area contributed by atoms with Crippen LogP contribution in [0.5, 0.6) is 0 Å². The van der Waals surface area contributed by atoms with Gasteiger partial charge >= 0.3 is 0 Å². The topological polar surface area (TPSA) is 43.1 Å². The maximum atomic E-state index is 10.7. The Morgan fingerprint density at radius 2 is 2.18 bits per heavy atom. The van der Waals surface area contributed by atoms with Crippen LogP contribution in [0.1, 0.15) is 10.4 Å². The summed E-state index contributed by atoms with van der Waals surface area (Å²) in [4.78, 5) is 10.7. The van der Waals surface area contributed by atoms with Crippen molar-refractivity contribution >= 4 is 45.1 Å². The Balaban J connectivity index is 3.23. The first-order valence-electron chi connectivity index (χ1n) is 2.86. The van der Waals surface area contributed by atoms with Gasteiger partial charge in [-0.2, -0.15) is 0 Å². The number of hydrogen-bond donors (Lipinski definition) is 1. The van der Waals surface area contributed by atoms with E-state index in [0.717, 1.165) is 3.57 Å². The Morgan fingerprint density at radius 3 is 2.64 bits per heavy atom. The average Bonchev–Trinajstić information content (AvgIpc) is 1.94. The summed E-state index contributed by atoms with van der Waals surface area (Å²) in [7, 11) is 0. The fraction of sp³-hybridized carbons (Fsp3) is 0. The van der Waals surface area contributed by atoms with Crippen molar-refractivity contribution in [2.45, 2.75) is 0 Å². The molecule has 1 aromatic rings. The molecule has 4 heteroatoms. The molecule has 2 nitrogen and oxygen atoms in total. The minimum absolute atomic E-state index is 0.374. The Labute approximate surface area is 82.9 Å². The number of carbonyl (C=O) groups is 1. The molecular formula is C7H5ClINO. The molecule has 1 rings (SSSR count). The molecule has 0 spiro atoms. The van der Waals surface area contributed by atoms with Crippen LogP contribution in [0.25, 0.3) is 0 Å². The minimum Gasteiger partial charge on any atom is -0.398 e. The molecule has 2 N–H and O–H groups in total. The first kappa shape index (κ1) is 8.80. The van der Waals surface area contributed by atoms with Crippen molar-refractivity contribution in [3.8, 4) is 0 Å². The van der Waals surface area contributed by atoms with Gasteiger partial charge in [0.2, 0.25) is 0 Å². The summed E-state index contributed by atoms with van der Waals surface area (Å²) in [6, 6.07) is 5.14. The number of carbonyl (C=O) groups excluding carboxylic acids is 1.